The number of rotatable bonds is 5. The van der Waals surface area contributed by atoms with Gasteiger partial charge in [0.25, 0.3) is 0 Å². The molecule has 0 aliphatic carbocycles. The molecule has 0 bridgehead atoms. The van der Waals surface area contributed by atoms with Crippen molar-refractivity contribution in [2.24, 2.45) is 11.3 Å². The lowest BCUT2D eigenvalue weighted by Crippen LogP contribution is -2.58. The van der Waals surface area contributed by atoms with Crippen molar-refractivity contribution in [3.63, 3.8) is 0 Å². The lowest BCUT2D eigenvalue weighted by Gasteiger charge is -2.41. The van der Waals surface area contributed by atoms with Crippen molar-refractivity contribution in [1.82, 2.24) is 9.88 Å². The molecule has 1 amide bonds. The Labute approximate surface area is 164 Å². The Balaban J connectivity index is 2.80. The quantitative estimate of drug-likeness (QED) is 0.789. The van der Waals surface area contributed by atoms with E-state index in [-0.39, 0.29) is 24.0 Å². The van der Waals surface area contributed by atoms with Crippen molar-refractivity contribution in [3.8, 4) is 5.88 Å². The maximum atomic E-state index is 13.5. The number of ether oxygens (including phenoxy) is 1. The highest BCUT2D eigenvalue weighted by atomic mass is 16.5. The minimum atomic E-state index is -1.88. The molecule has 0 aromatic carbocycles. The number of aromatic nitrogens is 1. The summed E-state index contributed by atoms with van der Waals surface area (Å²) in [6, 6.07) is 1.84. The normalized spacial score (nSPS) is 25.2. The number of Topliss-reactive ketones (excluding diaryl/α,β-unsaturated/α-hetero) is 1. The third-order valence-corrected chi connectivity index (χ3v) is 5.14. The predicted molar refractivity (Wildman–Crippen MR) is 101 cm³/mol. The van der Waals surface area contributed by atoms with Crippen molar-refractivity contribution in [2.45, 2.75) is 65.6 Å². The number of aliphatic carboxylic acids is 1. The average Bonchev–Trinajstić information content (AvgIpc) is 2.84. The molecule has 1 fully saturated rings. The molecule has 0 radical (unpaired) electrons. The highest BCUT2D eigenvalue weighted by Crippen LogP contribution is 2.53. The van der Waals surface area contributed by atoms with Crippen molar-refractivity contribution >= 4 is 17.8 Å². The SMILES string of the molecule is CCC1(C(=O)O)C(C(C)(C)C)C(=O)C(c2cccnc2OC(C)C)N1C(=O)O. The lowest BCUT2D eigenvalue weighted by molar-refractivity contribution is -0.155. The van der Waals surface area contributed by atoms with Crippen molar-refractivity contribution in [1.29, 1.82) is 0 Å². The molecule has 2 N–H and O–H groups in total. The summed E-state index contributed by atoms with van der Waals surface area (Å²) in [6.45, 7) is 10.4. The fourth-order valence-corrected chi connectivity index (χ4v) is 4.29. The van der Waals surface area contributed by atoms with E-state index in [9.17, 15) is 24.6 Å². The molecule has 2 heterocycles. The molecule has 1 aliphatic heterocycles. The van der Waals surface area contributed by atoms with E-state index in [1.54, 1.807) is 53.7 Å². The second-order valence-corrected chi connectivity index (χ2v) is 8.40. The van der Waals surface area contributed by atoms with E-state index < -0.39 is 40.8 Å². The maximum Gasteiger partial charge on any atom is 0.409 e. The lowest BCUT2D eigenvalue weighted by atomic mass is 9.67. The average molecular weight is 392 g/mol. The number of nitrogens with zero attached hydrogens (tertiary/aromatic N) is 2. The van der Waals surface area contributed by atoms with Crippen LogP contribution in [-0.4, -0.2) is 49.6 Å². The molecule has 2 rings (SSSR count). The number of amides is 1. The minimum Gasteiger partial charge on any atom is -0.479 e. The molecule has 154 valence electrons. The minimum absolute atomic E-state index is 0.0422. The molecule has 3 atom stereocenters. The monoisotopic (exact) mass is 392 g/mol. The Morgan fingerprint density at radius 2 is 1.93 bits per heavy atom. The molecule has 3 unspecified atom stereocenters. The summed E-state index contributed by atoms with van der Waals surface area (Å²) in [7, 11) is 0. The Morgan fingerprint density at radius 3 is 2.36 bits per heavy atom. The highest BCUT2D eigenvalue weighted by Gasteiger charge is 2.67. The molecular weight excluding hydrogens is 364 g/mol. The zero-order valence-corrected chi connectivity index (χ0v) is 17.1. The van der Waals surface area contributed by atoms with Gasteiger partial charge in [-0.3, -0.25) is 9.69 Å². The number of likely N-dealkylation sites (tertiary alicyclic amines) is 1. The van der Waals surface area contributed by atoms with E-state index in [0.29, 0.717) is 0 Å². The van der Waals surface area contributed by atoms with Crippen LogP contribution in [0.2, 0.25) is 0 Å². The third kappa shape index (κ3) is 3.31. The first kappa shape index (κ1) is 21.7. The van der Waals surface area contributed by atoms with E-state index in [0.717, 1.165) is 4.90 Å². The number of hydrogen-bond donors (Lipinski definition) is 2. The van der Waals surface area contributed by atoms with Crippen molar-refractivity contribution < 1.29 is 29.3 Å². The molecule has 8 heteroatoms. The van der Waals surface area contributed by atoms with Crippen LogP contribution in [0.25, 0.3) is 0 Å². The van der Waals surface area contributed by atoms with E-state index in [1.165, 1.54) is 6.20 Å². The van der Waals surface area contributed by atoms with Gasteiger partial charge in [-0.1, -0.05) is 27.7 Å². The van der Waals surface area contributed by atoms with Crippen LogP contribution < -0.4 is 4.74 Å². The third-order valence-electron chi connectivity index (χ3n) is 5.14. The van der Waals surface area contributed by atoms with Crippen LogP contribution in [0.5, 0.6) is 5.88 Å². The van der Waals surface area contributed by atoms with E-state index in [2.05, 4.69) is 4.98 Å². The number of carbonyl (C=O) groups excluding carboxylic acids is 1. The number of carbonyl (C=O) groups is 3. The standard InChI is InChI=1S/C20H28N2O6/c1-7-20(17(24)25)15(19(4,5)6)14(23)13(22(20)18(26)27)12-9-8-10-21-16(12)28-11(2)3/h8-11,13,15H,7H2,1-6H3,(H,24,25)(H,26,27). The number of pyridine rings is 1. The molecule has 0 spiro atoms. The van der Waals surface area contributed by atoms with Gasteiger partial charge in [-0.2, -0.15) is 0 Å². The molecular formula is C20H28N2O6. The van der Waals surface area contributed by atoms with Gasteiger partial charge in [-0.15, -0.1) is 0 Å². The molecule has 1 aliphatic rings. The van der Waals surface area contributed by atoms with Crippen molar-refractivity contribution in [3.05, 3.63) is 23.9 Å². The van der Waals surface area contributed by atoms with Gasteiger partial charge < -0.3 is 14.9 Å². The Kier molecular flexibility index (Phi) is 5.73. The van der Waals surface area contributed by atoms with Gasteiger partial charge in [-0.25, -0.2) is 14.6 Å². The van der Waals surface area contributed by atoms with E-state index >= 15 is 0 Å². The second kappa shape index (κ2) is 7.41. The number of hydrogen-bond acceptors (Lipinski definition) is 5. The Morgan fingerprint density at radius 1 is 1.32 bits per heavy atom. The van der Waals surface area contributed by atoms with Crippen LogP contribution in [0.1, 0.15) is 59.6 Å². The summed E-state index contributed by atoms with van der Waals surface area (Å²) in [6.07, 6.45) is -0.276. The number of ketones is 1. The van der Waals surface area contributed by atoms with Crippen LogP contribution in [-0.2, 0) is 9.59 Å². The molecule has 1 aromatic heterocycles. The number of carboxylic acid groups (broad SMARTS) is 2. The molecule has 28 heavy (non-hydrogen) atoms. The van der Waals surface area contributed by atoms with Crippen LogP contribution >= 0.6 is 0 Å². The largest absolute Gasteiger partial charge is 0.479 e. The molecule has 1 saturated heterocycles. The van der Waals surface area contributed by atoms with Gasteiger partial charge in [0.05, 0.1) is 12.0 Å². The van der Waals surface area contributed by atoms with Crippen LogP contribution in [0.4, 0.5) is 4.79 Å². The summed E-state index contributed by atoms with van der Waals surface area (Å²) in [5.41, 5.74) is -2.39. The summed E-state index contributed by atoms with van der Waals surface area (Å²) in [5, 5.41) is 20.1. The smallest absolute Gasteiger partial charge is 0.409 e. The van der Waals surface area contributed by atoms with E-state index in [4.69, 9.17) is 4.74 Å². The summed E-state index contributed by atoms with van der Waals surface area (Å²) < 4.78 is 5.69. The van der Waals surface area contributed by atoms with Crippen molar-refractivity contribution in [2.75, 3.05) is 0 Å². The number of carboxylic acids is 1. The maximum absolute atomic E-state index is 13.5. The topological polar surface area (TPSA) is 117 Å². The zero-order chi connectivity index (χ0) is 21.4. The molecule has 0 saturated carbocycles. The molecule has 1 aromatic rings. The first-order valence-corrected chi connectivity index (χ1v) is 9.30. The summed E-state index contributed by atoms with van der Waals surface area (Å²) >= 11 is 0. The fourth-order valence-electron chi connectivity index (χ4n) is 4.29. The van der Waals surface area contributed by atoms with Gasteiger partial charge in [0.15, 0.2) is 11.3 Å². The van der Waals surface area contributed by atoms with Gasteiger partial charge in [-0.05, 0) is 37.8 Å². The fraction of sp³-hybridized carbons (Fsp3) is 0.600. The van der Waals surface area contributed by atoms with Gasteiger partial charge in [0, 0.05) is 11.8 Å². The zero-order valence-electron chi connectivity index (χ0n) is 17.1. The van der Waals surface area contributed by atoms with Gasteiger partial charge >= 0.3 is 12.1 Å². The Hall–Kier alpha value is -2.64. The van der Waals surface area contributed by atoms with Crippen LogP contribution in [0.3, 0.4) is 0 Å². The molecule has 8 nitrogen and oxygen atoms in total. The summed E-state index contributed by atoms with van der Waals surface area (Å²) in [4.78, 5) is 43.2. The van der Waals surface area contributed by atoms with Crippen LogP contribution in [0.15, 0.2) is 18.3 Å². The van der Waals surface area contributed by atoms with Crippen LogP contribution in [0, 0.1) is 11.3 Å². The van der Waals surface area contributed by atoms with E-state index in [1.807, 2.05) is 0 Å². The Bertz CT molecular complexity index is 785. The predicted octanol–water partition coefficient (Wildman–Crippen LogP) is 3.37. The second-order valence-electron chi connectivity index (χ2n) is 8.40. The van der Waals surface area contributed by atoms with Gasteiger partial charge in [0.2, 0.25) is 5.88 Å². The highest BCUT2D eigenvalue weighted by molar-refractivity contribution is 6.03. The summed E-state index contributed by atoms with van der Waals surface area (Å²) in [5.74, 6) is -2.69. The first-order valence-electron chi connectivity index (χ1n) is 9.30. The van der Waals surface area contributed by atoms with Gasteiger partial charge in [0.1, 0.15) is 6.04 Å². The first-order chi connectivity index (χ1) is 12.9.